The van der Waals surface area contributed by atoms with E-state index in [1.54, 1.807) is 0 Å². The van der Waals surface area contributed by atoms with Gasteiger partial charge >= 0.3 is 0 Å². The van der Waals surface area contributed by atoms with E-state index in [9.17, 15) is 0 Å². The molecule has 2 aromatic heterocycles. The Labute approximate surface area is 184 Å². The van der Waals surface area contributed by atoms with Crippen molar-refractivity contribution < 1.29 is 4.63 Å². The highest BCUT2D eigenvalue weighted by Gasteiger charge is 2.28. The summed E-state index contributed by atoms with van der Waals surface area (Å²) in [4.78, 5) is 9.70. The summed E-state index contributed by atoms with van der Waals surface area (Å²) in [5.74, 6) is 0.710. The monoisotopic (exact) mass is 419 g/mol. The molecule has 1 saturated heterocycles. The minimum Gasteiger partial charge on any atom is -0.300 e. The number of benzene rings is 1. The molecule has 3 heterocycles. The first-order chi connectivity index (χ1) is 15.3. The molecule has 1 aliphatic carbocycles. The number of pyridine rings is 1. The Kier molecular flexibility index (Phi) is 6.56. The molecule has 0 radical (unpaired) electrons. The fraction of sp³-hybridized carbons (Fsp3) is 0.560. The van der Waals surface area contributed by atoms with Crippen molar-refractivity contribution in [2.75, 3.05) is 19.6 Å². The van der Waals surface area contributed by atoms with Gasteiger partial charge in [-0.25, -0.2) is 4.63 Å². The molecule has 2 fully saturated rings. The van der Waals surface area contributed by atoms with E-state index in [0.29, 0.717) is 5.92 Å². The molecule has 2 aliphatic rings. The Bertz CT molecular complexity index is 953. The third-order valence-electron chi connectivity index (χ3n) is 7.05. The third-order valence-corrected chi connectivity index (χ3v) is 7.05. The van der Waals surface area contributed by atoms with E-state index >= 15 is 0 Å². The normalized spacial score (nSPS) is 21.1. The van der Waals surface area contributed by atoms with Crippen molar-refractivity contribution in [1.82, 2.24) is 25.1 Å². The van der Waals surface area contributed by atoms with E-state index in [1.165, 1.54) is 69.2 Å². The average molecular weight is 420 g/mol. The van der Waals surface area contributed by atoms with Crippen LogP contribution in [0, 0.1) is 5.92 Å². The van der Waals surface area contributed by atoms with E-state index in [0.717, 1.165) is 36.7 Å². The van der Waals surface area contributed by atoms with E-state index in [4.69, 9.17) is 4.63 Å². The molecule has 0 N–H and O–H groups in total. The van der Waals surface area contributed by atoms with Crippen molar-refractivity contribution in [3.8, 4) is 0 Å². The van der Waals surface area contributed by atoms with Gasteiger partial charge < -0.3 is 4.90 Å². The Morgan fingerprint density at radius 3 is 2.77 bits per heavy atom. The molecule has 0 spiro atoms. The first-order valence-electron chi connectivity index (χ1n) is 11.9. The largest absolute Gasteiger partial charge is 0.300 e. The standard InChI is InChI=1S/C25H33N5O/c1-2-10-23(11-3-1)30-14-6-8-21(18-30)17-29(16-20-7-5-13-26-15-20)19-22-9-4-12-24-25(22)28-31-27-24/h4-5,7,9,12-13,15,21,23H,1-3,6,8,10-11,14,16-19H2/t21-/m0/s1. The molecule has 1 atom stereocenters. The van der Waals surface area contributed by atoms with Gasteiger partial charge in [0, 0.05) is 44.6 Å². The van der Waals surface area contributed by atoms with Crippen LogP contribution in [0.15, 0.2) is 47.4 Å². The highest BCUT2D eigenvalue weighted by atomic mass is 16.6. The maximum Gasteiger partial charge on any atom is 0.139 e. The van der Waals surface area contributed by atoms with Crippen molar-refractivity contribution in [2.24, 2.45) is 5.92 Å². The Morgan fingerprint density at radius 1 is 0.968 bits per heavy atom. The number of aromatic nitrogens is 3. The van der Waals surface area contributed by atoms with Gasteiger partial charge in [-0.05, 0) is 71.7 Å². The van der Waals surface area contributed by atoms with Gasteiger partial charge in [-0.3, -0.25) is 9.88 Å². The average Bonchev–Trinajstić information content (AvgIpc) is 3.31. The lowest BCUT2D eigenvalue weighted by Gasteiger charge is -2.41. The number of fused-ring (bicyclic) bond motifs is 1. The van der Waals surface area contributed by atoms with Gasteiger partial charge in [-0.1, -0.05) is 37.5 Å². The van der Waals surface area contributed by atoms with Crippen LogP contribution < -0.4 is 0 Å². The third kappa shape index (κ3) is 5.13. The van der Waals surface area contributed by atoms with Crippen LogP contribution in [-0.2, 0) is 13.1 Å². The second kappa shape index (κ2) is 9.88. The summed E-state index contributed by atoms with van der Waals surface area (Å²) < 4.78 is 5.00. The maximum atomic E-state index is 5.00. The van der Waals surface area contributed by atoms with Crippen molar-refractivity contribution >= 4 is 11.0 Å². The minimum atomic E-state index is 0.710. The van der Waals surface area contributed by atoms with Gasteiger partial charge in [-0.15, -0.1) is 0 Å². The summed E-state index contributed by atoms with van der Waals surface area (Å²) in [7, 11) is 0. The minimum absolute atomic E-state index is 0.710. The highest BCUT2D eigenvalue weighted by molar-refractivity contribution is 5.76. The molecule has 164 valence electrons. The van der Waals surface area contributed by atoms with Crippen molar-refractivity contribution in [1.29, 1.82) is 0 Å². The van der Waals surface area contributed by atoms with Crippen LogP contribution in [0.25, 0.3) is 11.0 Å². The van der Waals surface area contributed by atoms with E-state index in [1.807, 2.05) is 24.5 Å². The Hall–Kier alpha value is -2.31. The molecule has 3 aromatic rings. The number of hydrogen-bond donors (Lipinski definition) is 0. The van der Waals surface area contributed by atoms with Gasteiger partial charge in [0.15, 0.2) is 0 Å². The summed E-state index contributed by atoms with van der Waals surface area (Å²) in [6, 6.07) is 11.2. The molecule has 0 amide bonds. The van der Waals surface area contributed by atoms with Crippen LogP contribution in [0.5, 0.6) is 0 Å². The summed E-state index contributed by atoms with van der Waals surface area (Å²) in [5.41, 5.74) is 4.15. The van der Waals surface area contributed by atoms with Gasteiger partial charge in [0.2, 0.25) is 0 Å². The topological polar surface area (TPSA) is 58.3 Å². The first kappa shape index (κ1) is 20.6. The molecular formula is C25H33N5O. The highest BCUT2D eigenvalue weighted by Crippen LogP contribution is 2.28. The Balaban J connectivity index is 1.31. The molecule has 0 bridgehead atoms. The van der Waals surface area contributed by atoms with E-state index in [-0.39, 0.29) is 0 Å². The molecule has 1 aliphatic heterocycles. The smallest absolute Gasteiger partial charge is 0.139 e. The molecule has 31 heavy (non-hydrogen) atoms. The van der Waals surface area contributed by atoms with Crippen LogP contribution in [0.3, 0.4) is 0 Å². The molecule has 6 heteroatoms. The van der Waals surface area contributed by atoms with Crippen molar-refractivity contribution in [3.05, 3.63) is 53.9 Å². The SMILES string of the molecule is c1cncc(CN(Cc2cccc3nonc23)C[C@@H]2CCCN(C3CCCCC3)C2)c1. The summed E-state index contributed by atoms with van der Waals surface area (Å²) in [5, 5.41) is 8.19. The summed E-state index contributed by atoms with van der Waals surface area (Å²) in [6.45, 7) is 5.37. The van der Waals surface area contributed by atoms with Gasteiger partial charge in [-0.2, -0.15) is 0 Å². The van der Waals surface area contributed by atoms with Crippen LogP contribution in [-0.4, -0.2) is 50.8 Å². The number of hydrogen-bond acceptors (Lipinski definition) is 6. The van der Waals surface area contributed by atoms with Gasteiger partial charge in [0.1, 0.15) is 11.0 Å². The van der Waals surface area contributed by atoms with Crippen LogP contribution in [0.4, 0.5) is 0 Å². The number of rotatable bonds is 7. The molecule has 1 saturated carbocycles. The molecule has 1 aromatic carbocycles. The lowest BCUT2D eigenvalue weighted by molar-refractivity contribution is 0.0772. The lowest BCUT2D eigenvalue weighted by atomic mass is 9.90. The van der Waals surface area contributed by atoms with Crippen LogP contribution in [0.2, 0.25) is 0 Å². The van der Waals surface area contributed by atoms with E-state index < -0.39 is 0 Å². The predicted molar refractivity (Wildman–Crippen MR) is 121 cm³/mol. The van der Waals surface area contributed by atoms with Crippen molar-refractivity contribution in [2.45, 2.75) is 64.1 Å². The molecule has 0 unspecified atom stereocenters. The molecular weight excluding hydrogens is 386 g/mol. The fourth-order valence-electron chi connectivity index (χ4n) is 5.55. The second-order valence-electron chi connectivity index (χ2n) is 9.38. The Morgan fingerprint density at radius 2 is 1.90 bits per heavy atom. The number of piperidine rings is 1. The number of nitrogens with zero attached hydrogens (tertiary/aromatic N) is 5. The molecule has 5 rings (SSSR count). The summed E-state index contributed by atoms with van der Waals surface area (Å²) >= 11 is 0. The van der Waals surface area contributed by atoms with Crippen LogP contribution in [0.1, 0.15) is 56.1 Å². The lowest BCUT2D eigenvalue weighted by Crippen LogP contribution is -2.46. The number of likely N-dealkylation sites (tertiary alicyclic amines) is 1. The van der Waals surface area contributed by atoms with Crippen molar-refractivity contribution in [3.63, 3.8) is 0 Å². The molecule has 6 nitrogen and oxygen atoms in total. The van der Waals surface area contributed by atoms with E-state index in [2.05, 4.69) is 43.3 Å². The van der Waals surface area contributed by atoms with Crippen LogP contribution >= 0.6 is 0 Å². The summed E-state index contributed by atoms with van der Waals surface area (Å²) in [6.07, 6.45) is 13.5. The zero-order valence-electron chi connectivity index (χ0n) is 18.3. The maximum absolute atomic E-state index is 5.00. The zero-order chi connectivity index (χ0) is 20.9. The fourth-order valence-corrected chi connectivity index (χ4v) is 5.55. The zero-order valence-corrected chi connectivity index (χ0v) is 18.3. The predicted octanol–water partition coefficient (Wildman–Crippen LogP) is 4.66. The first-order valence-corrected chi connectivity index (χ1v) is 11.9. The van der Waals surface area contributed by atoms with Gasteiger partial charge in [0.25, 0.3) is 0 Å². The quantitative estimate of drug-likeness (QED) is 0.555. The second-order valence-corrected chi connectivity index (χ2v) is 9.38. The van der Waals surface area contributed by atoms with Gasteiger partial charge in [0.05, 0.1) is 0 Å².